The Labute approximate surface area is 479 Å². The summed E-state index contributed by atoms with van der Waals surface area (Å²) in [5.41, 5.74) is 0. The number of esters is 3. The molecule has 0 aromatic heterocycles. The molecule has 0 spiro atoms. The fourth-order valence-electron chi connectivity index (χ4n) is 7.87. The molecule has 0 fully saturated rings. The van der Waals surface area contributed by atoms with Gasteiger partial charge in [0.25, 0.3) is 0 Å². The van der Waals surface area contributed by atoms with Crippen LogP contribution < -0.4 is 0 Å². The molecule has 0 radical (unpaired) electrons. The van der Waals surface area contributed by atoms with Gasteiger partial charge in [-0.3, -0.25) is 14.4 Å². The number of rotatable bonds is 54. The van der Waals surface area contributed by atoms with Crippen LogP contribution in [0, 0.1) is 0 Å². The Hall–Kier alpha value is -5.23. The van der Waals surface area contributed by atoms with Gasteiger partial charge in [-0.1, -0.05) is 262 Å². The normalized spacial score (nSPS) is 13.3. The molecule has 0 aliphatic rings. The maximum atomic E-state index is 12.9. The van der Waals surface area contributed by atoms with Crippen LogP contribution in [0.15, 0.2) is 170 Å². The quantitative estimate of drug-likeness (QED) is 0.0261. The third kappa shape index (κ3) is 61.6. The zero-order valence-electron chi connectivity index (χ0n) is 49.9. The fourth-order valence-corrected chi connectivity index (χ4v) is 7.87. The molecule has 0 saturated carbocycles. The van der Waals surface area contributed by atoms with Crippen LogP contribution >= 0.6 is 0 Å². The second kappa shape index (κ2) is 64.3. The summed E-state index contributed by atoms with van der Waals surface area (Å²) in [6.45, 7) is 6.33. The smallest absolute Gasteiger partial charge is 0.306 e. The van der Waals surface area contributed by atoms with Crippen molar-refractivity contribution in [3.05, 3.63) is 170 Å². The van der Waals surface area contributed by atoms with E-state index in [1.165, 1.54) is 44.9 Å². The van der Waals surface area contributed by atoms with Crippen LogP contribution in [0.1, 0.15) is 245 Å². The summed E-state index contributed by atoms with van der Waals surface area (Å²) in [6.07, 6.45) is 95.0. The molecule has 0 heterocycles. The average molecular weight is 1070 g/mol. The van der Waals surface area contributed by atoms with Crippen LogP contribution in [-0.2, 0) is 28.6 Å². The van der Waals surface area contributed by atoms with Gasteiger partial charge in [-0.05, 0) is 135 Å². The molecule has 1 unspecified atom stereocenters. The lowest BCUT2D eigenvalue weighted by Crippen LogP contribution is -2.30. The predicted octanol–water partition coefficient (Wildman–Crippen LogP) is 21.5. The number of carbonyl (C=O) groups excluding carboxylic acids is 3. The maximum absolute atomic E-state index is 12.9. The van der Waals surface area contributed by atoms with Crippen LogP contribution in [0.4, 0.5) is 0 Å². The van der Waals surface area contributed by atoms with Gasteiger partial charge in [0.1, 0.15) is 13.2 Å². The number of unbranched alkanes of at least 4 members (excludes halogenated alkanes) is 15. The van der Waals surface area contributed by atoms with E-state index in [-0.39, 0.29) is 44.0 Å². The summed E-state index contributed by atoms with van der Waals surface area (Å²) in [7, 11) is 0. The fraction of sp³-hybridized carbons (Fsp3) is 0.569. The Morgan fingerprint density at radius 2 is 0.500 bits per heavy atom. The van der Waals surface area contributed by atoms with Crippen molar-refractivity contribution in [2.75, 3.05) is 13.2 Å². The largest absolute Gasteiger partial charge is 0.462 e. The average Bonchev–Trinajstić information content (AvgIpc) is 3.44. The minimum absolute atomic E-state index is 0.109. The van der Waals surface area contributed by atoms with Crippen molar-refractivity contribution < 1.29 is 28.6 Å². The van der Waals surface area contributed by atoms with Crippen LogP contribution in [0.5, 0.6) is 0 Å². The summed E-state index contributed by atoms with van der Waals surface area (Å²) < 4.78 is 16.8. The van der Waals surface area contributed by atoms with E-state index in [2.05, 4.69) is 191 Å². The highest BCUT2D eigenvalue weighted by Gasteiger charge is 2.19. The van der Waals surface area contributed by atoms with Crippen LogP contribution in [0.2, 0.25) is 0 Å². The van der Waals surface area contributed by atoms with Gasteiger partial charge >= 0.3 is 17.9 Å². The van der Waals surface area contributed by atoms with Crippen molar-refractivity contribution in [3.63, 3.8) is 0 Å². The molecule has 0 aliphatic carbocycles. The summed E-state index contributed by atoms with van der Waals surface area (Å²) in [6, 6.07) is 0. The summed E-state index contributed by atoms with van der Waals surface area (Å²) >= 11 is 0. The number of hydrogen-bond donors (Lipinski definition) is 0. The number of ether oxygens (including phenoxy) is 3. The van der Waals surface area contributed by atoms with Gasteiger partial charge in [0, 0.05) is 19.3 Å². The molecule has 78 heavy (non-hydrogen) atoms. The molecule has 0 rings (SSSR count). The lowest BCUT2D eigenvalue weighted by atomic mass is 10.1. The SMILES string of the molecule is CC/C=C\C/C=C\C/C=C\C/C=C\C/C=C\C/C=C\C/C=C\C/C=C\CCCCC(=O)OCC(COC(=O)CCCCCCCCCCCC)OC(=O)CCCCCC/C=C\C/C=C\C/C=C\C/C=C\C/C=C\C/C=C\CC. The van der Waals surface area contributed by atoms with Gasteiger partial charge in [0.15, 0.2) is 6.10 Å². The molecule has 1 atom stereocenters. The van der Waals surface area contributed by atoms with Gasteiger partial charge in [-0.25, -0.2) is 0 Å². The van der Waals surface area contributed by atoms with Crippen molar-refractivity contribution in [2.24, 2.45) is 0 Å². The van der Waals surface area contributed by atoms with Crippen molar-refractivity contribution in [1.29, 1.82) is 0 Å². The molecular weight excluding hydrogens is 961 g/mol. The molecule has 0 amide bonds. The summed E-state index contributed by atoms with van der Waals surface area (Å²) in [5, 5.41) is 0. The molecule has 0 aromatic rings. The highest BCUT2D eigenvalue weighted by Crippen LogP contribution is 2.13. The first kappa shape index (κ1) is 72.8. The van der Waals surface area contributed by atoms with Gasteiger partial charge in [-0.15, -0.1) is 0 Å². The molecule has 0 bridgehead atoms. The first-order valence-electron chi connectivity index (χ1n) is 31.1. The third-order valence-corrected chi connectivity index (χ3v) is 12.5. The highest BCUT2D eigenvalue weighted by molar-refractivity contribution is 5.71. The first-order chi connectivity index (χ1) is 38.5. The van der Waals surface area contributed by atoms with E-state index in [0.29, 0.717) is 12.8 Å². The van der Waals surface area contributed by atoms with Gasteiger partial charge in [-0.2, -0.15) is 0 Å². The van der Waals surface area contributed by atoms with Gasteiger partial charge in [0.2, 0.25) is 0 Å². The molecule has 0 aliphatic heterocycles. The van der Waals surface area contributed by atoms with Crippen LogP contribution in [-0.4, -0.2) is 37.2 Å². The Kier molecular flexibility index (Phi) is 60.0. The molecule has 6 nitrogen and oxygen atoms in total. The number of allylic oxidation sites excluding steroid dienone is 28. The lowest BCUT2D eigenvalue weighted by molar-refractivity contribution is -0.167. The van der Waals surface area contributed by atoms with E-state index in [0.717, 1.165) is 154 Å². The van der Waals surface area contributed by atoms with E-state index in [1.807, 2.05) is 0 Å². The molecule has 6 heteroatoms. The summed E-state index contributed by atoms with van der Waals surface area (Å²) in [4.78, 5) is 38.2. The molecule has 0 N–H and O–H groups in total. The Balaban J connectivity index is 4.46. The Morgan fingerprint density at radius 3 is 0.808 bits per heavy atom. The Morgan fingerprint density at radius 1 is 0.269 bits per heavy atom. The van der Waals surface area contributed by atoms with E-state index < -0.39 is 6.10 Å². The molecular formula is C72H112O6. The number of hydrogen-bond acceptors (Lipinski definition) is 6. The highest BCUT2D eigenvalue weighted by atomic mass is 16.6. The van der Waals surface area contributed by atoms with E-state index in [1.54, 1.807) is 0 Å². The second-order valence-electron chi connectivity index (χ2n) is 19.9. The van der Waals surface area contributed by atoms with E-state index >= 15 is 0 Å². The molecule has 0 saturated heterocycles. The topological polar surface area (TPSA) is 78.9 Å². The van der Waals surface area contributed by atoms with E-state index in [4.69, 9.17) is 14.2 Å². The van der Waals surface area contributed by atoms with Crippen molar-refractivity contribution in [2.45, 2.75) is 252 Å². The van der Waals surface area contributed by atoms with Gasteiger partial charge in [0.05, 0.1) is 0 Å². The zero-order chi connectivity index (χ0) is 56.4. The molecule has 436 valence electrons. The van der Waals surface area contributed by atoms with Crippen molar-refractivity contribution in [1.82, 2.24) is 0 Å². The first-order valence-corrected chi connectivity index (χ1v) is 31.1. The minimum atomic E-state index is -0.818. The molecule has 0 aromatic carbocycles. The third-order valence-electron chi connectivity index (χ3n) is 12.5. The minimum Gasteiger partial charge on any atom is -0.462 e. The monoisotopic (exact) mass is 1070 g/mol. The predicted molar refractivity (Wildman–Crippen MR) is 338 cm³/mol. The van der Waals surface area contributed by atoms with Gasteiger partial charge < -0.3 is 14.2 Å². The summed E-state index contributed by atoms with van der Waals surface area (Å²) in [5.74, 6) is -0.989. The van der Waals surface area contributed by atoms with Crippen LogP contribution in [0.3, 0.4) is 0 Å². The zero-order valence-corrected chi connectivity index (χ0v) is 49.9. The standard InChI is InChI=1S/C72H112O6/c1-4-7-10-13-16-19-22-24-26-28-30-32-34-35-36-37-39-40-42-44-46-48-50-53-56-59-62-65-71(74)77-68-69(67-76-70(73)64-61-58-55-52-21-18-15-12-9-6-3)78-72(75)66-63-60-57-54-51-49-47-45-43-41-38-33-31-29-27-25-23-20-17-14-11-8-5-2/h7-8,10-11,16-17,19-20,24-27,30-33,35-36,39-41,43-44,46-47,49-50,53,69H,4-6,9,12-15,18,21-23,28-29,34,37-38,42,45,48,51-52,54-68H2,1-3H3/b10-7-,11-8-,19-16-,20-17-,26-24-,27-25-,32-30-,33-31-,36-35-,40-39-,43-41-,46-44-,49-47-,53-50-. The van der Waals surface area contributed by atoms with Crippen molar-refractivity contribution >= 4 is 17.9 Å². The van der Waals surface area contributed by atoms with Crippen LogP contribution in [0.25, 0.3) is 0 Å². The van der Waals surface area contributed by atoms with Crippen molar-refractivity contribution in [3.8, 4) is 0 Å². The maximum Gasteiger partial charge on any atom is 0.306 e. The Bertz CT molecular complexity index is 1810. The lowest BCUT2D eigenvalue weighted by Gasteiger charge is -2.18. The van der Waals surface area contributed by atoms with E-state index in [9.17, 15) is 14.4 Å². The number of carbonyl (C=O) groups is 3. The second-order valence-corrected chi connectivity index (χ2v) is 19.9.